The number of carbonyl (C=O) groups excluding carboxylic acids is 2. The number of hydrogen-bond donors (Lipinski definition) is 4. The summed E-state index contributed by atoms with van der Waals surface area (Å²) < 4.78 is 0. The average molecular weight is 317 g/mol. The smallest absolute Gasteiger partial charge is 0.332 e. The molecule has 6 N–H and O–H groups in total. The van der Waals surface area contributed by atoms with Crippen molar-refractivity contribution >= 4 is 17.8 Å². The summed E-state index contributed by atoms with van der Waals surface area (Å²) >= 11 is 0. The lowest BCUT2D eigenvalue weighted by Gasteiger charge is -2.39. The minimum Gasteiger partial charge on any atom is -0.479 e. The van der Waals surface area contributed by atoms with Gasteiger partial charge in [0.25, 0.3) is 0 Å². The van der Waals surface area contributed by atoms with Gasteiger partial charge in [0.15, 0.2) is 5.54 Å². The van der Waals surface area contributed by atoms with Crippen LogP contribution in [0.25, 0.3) is 0 Å². The predicted molar refractivity (Wildman–Crippen MR) is 80.7 cm³/mol. The molecule has 0 saturated heterocycles. The van der Waals surface area contributed by atoms with Crippen molar-refractivity contribution in [1.29, 1.82) is 0 Å². The molecule has 3 unspecified atom stereocenters. The van der Waals surface area contributed by atoms with Crippen LogP contribution in [0.1, 0.15) is 40.0 Å². The van der Waals surface area contributed by atoms with Crippen LogP contribution in [0.4, 0.5) is 0 Å². The third-order valence-electron chi connectivity index (χ3n) is 3.94. The highest BCUT2D eigenvalue weighted by Crippen LogP contribution is 2.25. The molecule has 2 amide bonds. The molecule has 0 aliphatic heterocycles. The molecular formula is C14H27N3O5. The van der Waals surface area contributed by atoms with Crippen molar-refractivity contribution in [3.8, 4) is 0 Å². The number of carboxylic acids is 1. The number of nitrogens with zero attached hydrogens (tertiary/aromatic N) is 1. The molecule has 0 aliphatic rings. The van der Waals surface area contributed by atoms with Gasteiger partial charge in [0.1, 0.15) is 0 Å². The highest BCUT2D eigenvalue weighted by Gasteiger charge is 2.50. The Kier molecular flexibility index (Phi) is 8.21. The maximum atomic E-state index is 12.6. The van der Waals surface area contributed by atoms with Gasteiger partial charge in [-0.1, -0.05) is 33.6 Å². The third kappa shape index (κ3) is 4.02. The summed E-state index contributed by atoms with van der Waals surface area (Å²) in [6.45, 7) is 3.82. The van der Waals surface area contributed by atoms with Crippen LogP contribution in [0.3, 0.4) is 0 Å². The van der Waals surface area contributed by atoms with E-state index in [9.17, 15) is 24.6 Å². The third-order valence-corrected chi connectivity index (χ3v) is 3.94. The molecular weight excluding hydrogens is 290 g/mol. The summed E-state index contributed by atoms with van der Waals surface area (Å²) in [5.74, 6) is -3.39. The molecule has 0 bridgehead atoms. The average Bonchev–Trinajstić information content (AvgIpc) is 2.51. The number of imide groups is 1. The maximum Gasteiger partial charge on any atom is 0.332 e. The van der Waals surface area contributed by atoms with Gasteiger partial charge in [0, 0.05) is 0 Å². The fourth-order valence-electron chi connectivity index (χ4n) is 2.26. The molecule has 22 heavy (non-hydrogen) atoms. The minimum absolute atomic E-state index is 0.0798. The van der Waals surface area contributed by atoms with Crippen LogP contribution in [-0.4, -0.2) is 57.6 Å². The van der Waals surface area contributed by atoms with Crippen LogP contribution >= 0.6 is 0 Å². The molecule has 0 radical (unpaired) electrons. The van der Waals surface area contributed by atoms with Gasteiger partial charge < -0.3 is 21.7 Å². The number of aliphatic hydroxyl groups excluding tert-OH is 1. The Morgan fingerprint density at radius 3 is 2.14 bits per heavy atom. The topological polar surface area (TPSA) is 147 Å². The Labute approximate surface area is 130 Å². The van der Waals surface area contributed by atoms with E-state index in [0.717, 1.165) is 0 Å². The number of amides is 2. The van der Waals surface area contributed by atoms with Gasteiger partial charge in [-0.2, -0.15) is 0 Å². The lowest BCUT2D eigenvalue weighted by molar-refractivity contribution is -0.171. The van der Waals surface area contributed by atoms with Crippen molar-refractivity contribution in [2.45, 2.75) is 51.6 Å². The van der Waals surface area contributed by atoms with E-state index < -0.39 is 42.5 Å². The number of aliphatic hydroxyl groups is 1. The van der Waals surface area contributed by atoms with Gasteiger partial charge in [-0.3, -0.25) is 14.5 Å². The summed E-state index contributed by atoms with van der Waals surface area (Å²) in [7, 11) is 0. The highest BCUT2D eigenvalue weighted by molar-refractivity contribution is 6.03. The van der Waals surface area contributed by atoms with Gasteiger partial charge >= 0.3 is 5.97 Å². The van der Waals surface area contributed by atoms with Crippen LogP contribution in [0.2, 0.25) is 0 Å². The van der Waals surface area contributed by atoms with Crippen LogP contribution in [-0.2, 0) is 14.4 Å². The Hall–Kier alpha value is -1.51. The zero-order chi connectivity index (χ0) is 17.5. The largest absolute Gasteiger partial charge is 0.479 e. The first-order chi connectivity index (χ1) is 10.2. The molecule has 0 aromatic heterocycles. The zero-order valence-corrected chi connectivity index (χ0v) is 13.4. The van der Waals surface area contributed by atoms with Gasteiger partial charge in [0.2, 0.25) is 11.8 Å². The number of aliphatic carboxylic acids is 1. The Bertz CT molecular complexity index is 415. The van der Waals surface area contributed by atoms with Crippen molar-refractivity contribution in [2.75, 3.05) is 13.2 Å². The summed E-state index contributed by atoms with van der Waals surface area (Å²) in [6.07, 6.45) is 0.862. The molecule has 128 valence electrons. The number of rotatable bonds is 9. The molecule has 0 rings (SSSR count). The lowest BCUT2D eigenvalue weighted by atomic mass is 9.89. The van der Waals surface area contributed by atoms with Crippen LogP contribution in [0.15, 0.2) is 0 Å². The van der Waals surface area contributed by atoms with E-state index in [1.807, 2.05) is 6.92 Å². The Morgan fingerprint density at radius 2 is 1.82 bits per heavy atom. The molecule has 0 aliphatic carbocycles. The molecule has 3 atom stereocenters. The molecule has 8 heteroatoms. The van der Waals surface area contributed by atoms with E-state index in [1.54, 1.807) is 13.8 Å². The normalized spacial score (nSPS) is 16.5. The quantitative estimate of drug-likeness (QED) is 0.439. The molecule has 0 aromatic carbocycles. The first kappa shape index (κ1) is 20.5. The van der Waals surface area contributed by atoms with E-state index in [-0.39, 0.29) is 12.3 Å². The number of nitrogens with two attached hydrogens (primary N) is 2. The first-order valence-corrected chi connectivity index (χ1v) is 7.40. The zero-order valence-electron chi connectivity index (χ0n) is 13.4. The summed E-state index contributed by atoms with van der Waals surface area (Å²) in [6, 6.07) is -1.04. The van der Waals surface area contributed by atoms with E-state index in [0.29, 0.717) is 17.7 Å². The second-order valence-corrected chi connectivity index (χ2v) is 5.43. The van der Waals surface area contributed by atoms with Crippen LogP contribution in [0.5, 0.6) is 0 Å². The monoisotopic (exact) mass is 317 g/mol. The van der Waals surface area contributed by atoms with Crippen molar-refractivity contribution in [2.24, 2.45) is 17.4 Å². The summed E-state index contributed by atoms with van der Waals surface area (Å²) in [5, 5.41) is 19.1. The predicted octanol–water partition coefficient (Wildman–Crippen LogP) is -0.710. The van der Waals surface area contributed by atoms with Crippen molar-refractivity contribution in [3.05, 3.63) is 0 Å². The van der Waals surface area contributed by atoms with Gasteiger partial charge in [0.05, 0.1) is 19.2 Å². The van der Waals surface area contributed by atoms with E-state index in [1.165, 1.54) is 0 Å². The second-order valence-electron chi connectivity index (χ2n) is 5.43. The standard InChI is InChI=1S/C14H27N3O5/c1-4-6-14(8-18,13(21)22)17(10(19)7-15)12(20)11(16)9(3)5-2/h9,11,18H,4-8,15-16H2,1-3H3,(H,21,22). The summed E-state index contributed by atoms with van der Waals surface area (Å²) in [4.78, 5) is 36.9. The maximum absolute atomic E-state index is 12.6. The van der Waals surface area contributed by atoms with E-state index in [4.69, 9.17) is 11.5 Å². The van der Waals surface area contributed by atoms with Gasteiger partial charge in [-0.25, -0.2) is 4.79 Å². The summed E-state index contributed by atoms with van der Waals surface area (Å²) in [5.41, 5.74) is 9.13. The van der Waals surface area contributed by atoms with Gasteiger partial charge in [-0.15, -0.1) is 0 Å². The SMILES string of the molecule is CCCC(CO)(C(=O)O)N(C(=O)CN)C(=O)C(N)C(C)CC. The number of hydrogen-bond acceptors (Lipinski definition) is 6. The lowest BCUT2D eigenvalue weighted by Crippen LogP contribution is -2.66. The molecule has 0 spiro atoms. The highest BCUT2D eigenvalue weighted by atomic mass is 16.4. The molecule has 0 heterocycles. The number of carbonyl (C=O) groups is 3. The second kappa shape index (κ2) is 8.82. The Morgan fingerprint density at radius 1 is 1.27 bits per heavy atom. The molecule has 0 fully saturated rings. The first-order valence-electron chi connectivity index (χ1n) is 7.40. The number of carboxylic acid groups (broad SMARTS) is 1. The van der Waals surface area contributed by atoms with Gasteiger partial charge in [-0.05, 0) is 12.3 Å². The van der Waals surface area contributed by atoms with Crippen molar-refractivity contribution < 1.29 is 24.6 Å². The minimum atomic E-state index is -2.03. The van der Waals surface area contributed by atoms with E-state index in [2.05, 4.69) is 0 Å². The Balaban J connectivity index is 5.92. The molecule has 0 aromatic rings. The fourth-order valence-corrected chi connectivity index (χ4v) is 2.26. The van der Waals surface area contributed by atoms with E-state index >= 15 is 0 Å². The van der Waals surface area contributed by atoms with Crippen LogP contribution < -0.4 is 11.5 Å². The molecule has 8 nitrogen and oxygen atoms in total. The fraction of sp³-hybridized carbons (Fsp3) is 0.786. The van der Waals surface area contributed by atoms with Crippen molar-refractivity contribution in [1.82, 2.24) is 4.90 Å². The molecule has 0 saturated carbocycles. The van der Waals surface area contributed by atoms with Crippen molar-refractivity contribution in [3.63, 3.8) is 0 Å². The van der Waals surface area contributed by atoms with Crippen LogP contribution in [0, 0.1) is 5.92 Å².